The van der Waals surface area contributed by atoms with Gasteiger partial charge in [0, 0.05) is 31.1 Å². The number of nitrogens with one attached hydrogen (secondary N) is 3. The van der Waals surface area contributed by atoms with Gasteiger partial charge in [-0.25, -0.2) is 9.18 Å². The van der Waals surface area contributed by atoms with Crippen molar-refractivity contribution in [2.75, 3.05) is 20.1 Å². The summed E-state index contributed by atoms with van der Waals surface area (Å²) in [5.74, 6) is 0.985. The number of alkyl carbamates (subject to hydrolysis) is 1. The number of carbonyl (C=O) groups is 1. The zero-order valence-electron chi connectivity index (χ0n) is 16.4. The molecule has 0 saturated heterocycles. The van der Waals surface area contributed by atoms with E-state index in [-0.39, 0.29) is 5.82 Å². The fourth-order valence-corrected chi connectivity index (χ4v) is 2.46. The zero-order chi connectivity index (χ0) is 20.0. The number of aliphatic imine (C=N–C) groups is 1. The van der Waals surface area contributed by atoms with Gasteiger partial charge in [-0.05, 0) is 45.9 Å². The first-order valence-electron chi connectivity index (χ1n) is 8.78. The molecular weight excluding hydrogens is 351 g/mol. The number of guanidine groups is 1. The molecular formula is C19H27FN4O3. The van der Waals surface area contributed by atoms with Crippen LogP contribution in [0.15, 0.2) is 27.6 Å². The molecule has 27 heavy (non-hydrogen) atoms. The molecule has 8 heteroatoms. The molecule has 7 nitrogen and oxygen atoms in total. The van der Waals surface area contributed by atoms with Crippen LogP contribution in [0.25, 0.3) is 11.0 Å². The molecule has 0 fully saturated rings. The highest BCUT2D eigenvalue weighted by Crippen LogP contribution is 2.25. The number of benzene rings is 1. The molecule has 0 unspecified atom stereocenters. The molecule has 0 aliphatic heterocycles. The second kappa shape index (κ2) is 8.75. The van der Waals surface area contributed by atoms with Crippen LogP contribution in [0.2, 0.25) is 0 Å². The lowest BCUT2D eigenvalue weighted by Gasteiger charge is -2.19. The van der Waals surface area contributed by atoms with E-state index in [4.69, 9.17) is 9.15 Å². The molecule has 0 spiro atoms. The average molecular weight is 378 g/mol. The standard InChI is InChI=1S/C19H27FN4O3/c1-12-14-10-13(20)6-7-15(14)26-16(12)11-24-17(21-5)22-8-9-23-18(25)27-19(2,3)4/h6-7,10H,8-9,11H2,1-5H3,(H,23,25)(H2,21,22,24). The fraction of sp³-hybridized carbons (Fsp3) is 0.474. The van der Waals surface area contributed by atoms with Crippen molar-refractivity contribution < 1.29 is 18.3 Å². The minimum Gasteiger partial charge on any atom is -0.459 e. The number of amides is 1. The first-order valence-corrected chi connectivity index (χ1v) is 8.78. The molecule has 1 aromatic heterocycles. The monoisotopic (exact) mass is 378 g/mol. The molecule has 1 amide bonds. The van der Waals surface area contributed by atoms with Crippen molar-refractivity contribution in [3.8, 4) is 0 Å². The molecule has 2 rings (SSSR count). The minimum absolute atomic E-state index is 0.291. The normalized spacial score (nSPS) is 12.1. The second-order valence-electron chi connectivity index (χ2n) is 7.07. The molecule has 148 valence electrons. The number of nitrogens with zero attached hydrogens (tertiary/aromatic N) is 1. The molecule has 2 aromatic rings. The number of ether oxygens (including phenoxy) is 1. The number of halogens is 1. The molecule has 0 aliphatic carbocycles. The highest BCUT2D eigenvalue weighted by atomic mass is 19.1. The van der Waals surface area contributed by atoms with Crippen LogP contribution >= 0.6 is 0 Å². The van der Waals surface area contributed by atoms with Gasteiger partial charge >= 0.3 is 6.09 Å². The van der Waals surface area contributed by atoms with Gasteiger partial charge in [0.1, 0.15) is 22.8 Å². The van der Waals surface area contributed by atoms with Gasteiger partial charge in [0.2, 0.25) is 0 Å². The Morgan fingerprint density at radius 1 is 1.22 bits per heavy atom. The van der Waals surface area contributed by atoms with Gasteiger partial charge in [-0.15, -0.1) is 0 Å². The summed E-state index contributed by atoms with van der Waals surface area (Å²) in [6.07, 6.45) is -0.461. The van der Waals surface area contributed by atoms with Crippen molar-refractivity contribution >= 4 is 23.0 Å². The third kappa shape index (κ3) is 6.16. The van der Waals surface area contributed by atoms with Crippen molar-refractivity contribution in [2.45, 2.75) is 39.8 Å². The average Bonchev–Trinajstić information content (AvgIpc) is 2.88. The van der Waals surface area contributed by atoms with E-state index in [1.54, 1.807) is 13.1 Å². The van der Waals surface area contributed by atoms with Gasteiger partial charge < -0.3 is 25.1 Å². The van der Waals surface area contributed by atoms with Gasteiger partial charge in [0.15, 0.2) is 5.96 Å². The van der Waals surface area contributed by atoms with Gasteiger partial charge in [0.05, 0.1) is 6.54 Å². The topological polar surface area (TPSA) is 87.9 Å². The summed E-state index contributed by atoms with van der Waals surface area (Å²) in [6, 6.07) is 4.46. The Morgan fingerprint density at radius 2 is 1.93 bits per heavy atom. The third-order valence-electron chi connectivity index (χ3n) is 3.72. The van der Waals surface area contributed by atoms with Crippen molar-refractivity contribution in [1.82, 2.24) is 16.0 Å². The van der Waals surface area contributed by atoms with E-state index in [0.29, 0.717) is 36.9 Å². The Labute approximate surface area is 158 Å². The summed E-state index contributed by atoms with van der Waals surface area (Å²) in [5.41, 5.74) is 1.01. The van der Waals surface area contributed by atoms with Crippen molar-refractivity contribution in [1.29, 1.82) is 0 Å². The number of aryl methyl sites for hydroxylation is 1. The maximum Gasteiger partial charge on any atom is 0.407 e. The predicted molar refractivity (Wildman–Crippen MR) is 103 cm³/mol. The number of fused-ring (bicyclic) bond motifs is 1. The summed E-state index contributed by atoms with van der Waals surface area (Å²) in [4.78, 5) is 15.7. The van der Waals surface area contributed by atoms with Crippen LogP contribution in [-0.4, -0.2) is 37.8 Å². The van der Waals surface area contributed by atoms with E-state index in [1.807, 2.05) is 27.7 Å². The van der Waals surface area contributed by atoms with E-state index in [9.17, 15) is 9.18 Å². The van der Waals surface area contributed by atoms with E-state index in [0.717, 1.165) is 10.9 Å². The van der Waals surface area contributed by atoms with Crippen LogP contribution in [-0.2, 0) is 11.3 Å². The SMILES string of the molecule is CN=C(NCCNC(=O)OC(C)(C)C)NCc1oc2ccc(F)cc2c1C. The number of hydrogen-bond acceptors (Lipinski definition) is 4. The maximum absolute atomic E-state index is 13.4. The first kappa shape index (κ1) is 20.5. The molecule has 1 heterocycles. The van der Waals surface area contributed by atoms with E-state index >= 15 is 0 Å². The Hall–Kier alpha value is -2.77. The summed E-state index contributed by atoms with van der Waals surface area (Å²) < 4.78 is 24.3. The number of carbonyl (C=O) groups excluding carboxylic acids is 1. The number of hydrogen-bond donors (Lipinski definition) is 3. The van der Waals surface area contributed by atoms with Crippen LogP contribution in [0.1, 0.15) is 32.1 Å². The van der Waals surface area contributed by atoms with Crippen LogP contribution < -0.4 is 16.0 Å². The molecule has 0 radical (unpaired) electrons. The van der Waals surface area contributed by atoms with Crippen molar-refractivity contribution in [2.24, 2.45) is 4.99 Å². The predicted octanol–water partition coefficient (Wildman–Crippen LogP) is 3.07. The smallest absolute Gasteiger partial charge is 0.407 e. The lowest BCUT2D eigenvalue weighted by molar-refractivity contribution is 0.0529. The van der Waals surface area contributed by atoms with Gasteiger partial charge in [-0.3, -0.25) is 4.99 Å². The number of rotatable bonds is 5. The molecule has 0 bridgehead atoms. The highest BCUT2D eigenvalue weighted by Gasteiger charge is 2.15. The first-order chi connectivity index (χ1) is 12.7. The van der Waals surface area contributed by atoms with E-state index in [1.165, 1.54) is 12.1 Å². The number of furan rings is 1. The zero-order valence-corrected chi connectivity index (χ0v) is 16.4. The van der Waals surface area contributed by atoms with Gasteiger partial charge in [0.25, 0.3) is 0 Å². The Kier molecular flexibility index (Phi) is 6.65. The largest absolute Gasteiger partial charge is 0.459 e. The molecule has 1 aromatic carbocycles. The maximum atomic E-state index is 13.4. The molecule has 0 saturated carbocycles. The Bertz CT molecular complexity index is 824. The van der Waals surface area contributed by atoms with Gasteiger partial charge in [-0.2, -0.15) is 0 Å². The summed E-state index contributed by atoms with van der Waals surface area (Å²) in [5, 5.41) is 9.65. The van der Waals surface area contributed by atoms with Gasteiger partial charge in [-0.1, -0.05) is 0 Å². The van der Waals surface area contributed by atoms with Crippen molar-refractivity contribution in [3.63, 3.8) is 0 Å². The third-order valence-corrected chi connectivity index (χ3v) is 3.72. The van der Waals surface area contributed by atoms with Crippen LogP contribution in [0.4, 0.5) is 9.18 Å². The summed E-state index contributed by atoms with van der Waals surface area (Å²) in [6.45, 7) is 8.59. The Morgan fingerprint density at radius 3 is 2.59 bits per heavy atom. The summed E-state index contributed by atoms with van der Waals surface area (Å²) in [7, 11) is 1.65. The second-order valence-corrected chi connectivity index (χ2v) is 7.07. The van der Waals surface area contributed by atoms with E-state index in [2.05, 4.69) is 20.9 Å². The highest BCUT2D eigenvalue weighted by molar-refractivity contribution is 5.83. The van der Waals surface area contributed by atoms with Crippen LogP contribution in [0.3, 0.4) is 0 Å². The molecule has 3 N–H and O–H groups in total. The fourth-order valence-electron chi connectivity index (χ4n) is 2.46. The lowest BCUT2D eigenvalue weighted by Crippen LogP contribution is -2.42. The summed E-state index contributed by atoms with van der Waals surface area (Å²) >= 11 is 0. The quantitative estimate of drug-likeness (QED) is 0.423. The minimum atomic E-state index is -0.525. The van der Waals surface area contributed by atoms with Crippen LogP contribution in [0.5, 0.6) is 0 Å². The lowest BCUT2D eigenvalue weighted by atomic mass is 10.1. The molecule has 0 atom stereocenters. The molecule has 0 aliphatic rings. The van der Waals surface area contributed by atoms with Crippen LogP contribution in [0, 0.1) is 12.7 Å². The Balaban J connectivity index is 1.81. The van der Waals surface area contributed by atoms with Crippen molar-refractivity contribution in [3.05, 3.63) is 35.3 Å². The van der Waals surface area contributed by atoms with E-state index < -0.39 is 11.7 Å².